The number of nitrogens with zero attached hydrogens (tertiary/aromatic N) is 3. The minimum atomic E-state index is 0.417. The van der Waals surface area contributed by atoms with Crippen molar-refractivity contribution in [1.29, 1.82) is 5.26 Å². The Hall–Kier alpha value is -1.67. The van der Waals surface area contributed by atoms with Crippen LogP contribution in [0.25, 0.3) is 10.8 Å². The lowest BCUT2D eigenvalue weighted by Gasteiger charge is -2.25. The van der Waals surface area contributed by atoms with Crippen molar-refractivity contribution < 1.29 is 4.52 Å². The summed E-state index contributed by atoms with van der Waals surface area (Å²) in [5, 5.41) is 15.1. The second-order valence-corrected chi connectivity index (χ2v) is 6.27. The van der Waals surface area contributed by atoms with E-state index < -0.39 is 0 Å². The predicted molar refractivity (Wildman–Crippen MR) is 77.3 cm³/mol. The van der Waals surface area contributed by atoms with Gasteiger partial charge in [-0.1, -0.05) is 18.5 Å². The van der Waals surface area contributed by atoms with E-state index in [9.17, 15) is 0 Å². The molecule has 0 saturated heterocycles. The van der Waals surface area contributed by atoms with Gasteiger partial charge in [-0.25, -0.2) is 0 Å². The highest BCUT2D eigenvalue weighted by Crippen LogP contribution is 2.37. The Bertz CT molecular complexity index is 617. The van der Waals surface area contributed by atoms with Gasteiger partial charge in [-0.05, 0) is 43.0 Å². The third kappa shape index (κ3) is 2.48. The number of hydrogen-bond donors (Lipinski definition) is 0. The SMILES string of the molecule is CCC1CCC(c2noc(-c3sccc3C#N)n2)CC1. The highest BCUT2D eigenvalue weighted by atomic mass is 32.1. The molecule has 20 heavy (non-hydrogen) atoms. The number of nitriles is 1. The maximum atomic E-state index is 9.05. The Balaban J connectivity index is 1.76. The first-order valence-corrected chi connectivity index (χ1v) is 8.01. The molecule has 2 aromatic rings. The van der Waals surface area contributed by atoms with Crippen molar-refractivity contribution in [3.8, 4) is 16.8 Å². The van der Waals surface area contributed by atoms with Gasteiger partial charge < -0.3 is 4.52 Å². The summed E-state index contributed by atoms with van der Waals surface area (Å²) >= 11 is 1.47. The van der Waals surface area contributed by atoms with Crippen LogP contribution in [0.3, 0.4) is 0 Å². The number of hydrogen-bond acceptors (Lipinski definition) is 5. The van der Waals surface area contributed by atoms with E-state index in [-0.39, 0.29) is 0 Å². The Kier molecular flexibility index (Phi) is 3.83. The highest BCUT2D eigenvalue weighted by Gasteiger charge is 2.26. The first kappa shape index (κ1) is 13.3. The molecule has 5 heteroatoms. The van der Waals surface area contributed by atoms with E-state index in [0.29, 0.717) is 17.4 Å². The summed E-state index contributed by atoms with van der Waals surface area (Å²) in [6.45, 7) is 2.26. The van der Waals surface area contributed by atoms with Crippen LogP contribution < -0.4 is 0 Å². The molecule has 0 amide bonds. The Morgan fingerprint density at radius 3 is 2.90 bits per heavy atom. The molecular weight excluding hydrogens is 270 g/mol. The normalized spacial score (nSPS) is 22.6. The molecule has 4 nitrogen and oxygen atoms in total. The minimum Gasteiger partial charge on any atom is -0.333 e. The topological polar surface area (TPSA) is 62.7 Å². The molecule has 1 fully saturated rings. The van der Waals surface area contributed by atoms with Gasteiger partial charge in [0.05, 0.1) is 5.56 Å². The van der Waals surface area contributed by atoms with Gasteiger partial charge in [0.15, 0.2) is 5.82 Å². The van der Waals surface area contributed by atoms with Crippen LogP contribution in [-0.4, -0.2) is 10.1 Å². The molecule has 3 rings (SSSR count). The molecule has 0 aliphatic heterocycles. The molecule has 1 saturated carbocycles. The lowest BCUT2D eigenvalue weighted by molar-refractivity contribution is 0.305. The maximum absolute atomic E-state index is 9.05. The van der Waals surface area contributed by atoms with E-state index in [0.717, 1.165) is 29.5 Å². The van der Waals surface area contributed by atoms with E-state index in [1.54, 1.807) is 6.07 Å². The van der Waals surface area contributed by atoms with Gasteiger partial charge in [0.1, 0.15) is 10.9 Å². The zero-order valence-electron chi connectivity index (χ0n) is 11.5. The van der Waals surface area contributed by atoms with E-state index in [1.165, 1.54) is 30.6 Å². The average molecular weight is 287 g/mol. The van der Waals surface area contributed by atoms with Crippen LogP contribution in [0.5, 0.6) is 0 Å². The third-order valence-corrected chi connectivity index (χ3v) is 5.11. The van der Waals surface area contributed by atoms with Crippen molar-refractivity contribution >= 4 is 11.3 Å². The molecule has 1 aliphatic carbocycles. The fourth-order valence-corrected chi connectivity index (χ4v) is 3.65. The van der Waals surface area contributed by atoms with Crippen molar-refractivity contribution in [3.63, 3.8) is 0 Å². The van der Waals surface area contributed by atoms with Crippen LogP contribution in [0.4, 0.5) is 0 Å². The Morgan fingerprint density at radius 2 is 2.20 bits per heavy atom. The second-order valence-electron chi connectivity index (χ2n) is 5.36. The van der Waals surface area contributed by atoms with Crippen LogP contribution in [-0.2, 0) is 0 Å². The van der Waals surface area contributed by atoms with Gasteiger partial charge in [-0.3, -0.25) is 0 Å². The molecule has 0 radical (unpaired) electrons. The fourth-order valence-electron chi connectivity index (χ4n) is 2.88. The van der Waals surface area contributed by atoms with Crippen molar-refractivity contribution in [3.05, 3.63) is 22.8 Å². The monoisotopic (exact) mass is 287 g/mol. The first-order chi connectivity index (χ1) is 9.81. The molecule has 0 bridgehead atoms. The number of aromatic nitrogens is 2. The third-order valence-electron chi connectivity index (χ3n) is 4.21. The molecule has 0 N–H and O–H groups in total. The second kappa shape index (κ2) is 5.76. The van der Waals surface area contributed by atoms with Gasteiger partial charge in [0.25, 0.3) is 5.89 Å². The summed E-state index contributed by atoms with van der Waals surface area (Å²) < 4.78 is 5.36. The number of rotatable bonds is 3. The van der Waals surface area contributed by atoms with Crippen molar-refractivity contribution in [1.82, 2.24) is 10.1 Å². The van der Waals surface area contributed by atoms with Gasteiger partial charge >= 0.3 is 0 Å². The van der Waals surface area contributed by atoms with Crippen molar-refractivity contribution in [2.75, 3.05) is 0 Å². The standard InChI is InChI=1S/C15H17N3OS/c1-2-10-3-5-11(6-4-10)14-17-15(19-18-14)13-12(9-16)7-8-20-13/h7-8,10-11H,2-6H2,1H3. The van der Waals surface area contributed by atoms with Crippen molar-refractivity contribution in [2.45, 2.75) is 44.9 Å². The zero-order valence-corrected chi connectivity index (χ0v) is 12.3. The van der Waals surface area contributed by atoms with Crippen LogP contribution in [0.15, 0.2) is 16.0 Å². The van der Waals surface area contributed by atoms with Crippen LogP contribution in [0.1, 0.15) is 56.3 Å². The zero-order chi connectivity index (χ0) is 13.9. The fraction of sp³-hybridized carbons (Fsp3) is 0.533. The van der Waals surface area contributed by atoms with E-state index >= 15 is 0 Å². The summed E-state index contributed by atoms with van der Waals surface area (Å²) in [6.07, 6.45) is 6.08. The largest absolute Gasteiger partial charge is 0.333 e. The van der Waals surface area contributed by atoms with Gasteiger partial charge in [0.2, 0.25) is 0 Å². The Labute approximate surface area is 122 Å². The van der Waals surface area contributed by atoms with Gasteiger partial charge in [-0.2, -0.15) is 10.2 Å². The van der Waals surface area contributed by atoms with E-state index in [4.69, 9.17) is 9.78 Å². The van der Waals surface area contributed by atoms with E-state index in [2.05, 4.69) is 23.1 Å². The van der Waals surface area contributed by atoms with E-state index in [1.807, 2.05) is 5.38 Å². The lowest BCUT2D eigenvalue weighted by atomic mass is 9.80. The molecule has 0 spiro atoms. The highest BCUT2D eigenvalue weighted by molar-refractivity contribution is 7.13. The van der Waals surface area contributed by atoms with Crippen LogP contribution in [0.2, 0.25) is 0 Å². The maximum Gasteiger partial charge on any atom is 0.269 e. The first-order valence-electron chi connectivity index (χ1n) is 7.13. The van der Waals surface area contributed by atoms with Gasteiger partial charge in [-0.15, -0.1) is 11.3 Å². The summed E-state index contributed by atoms with van der Waals surface area (Å²) in [7, 11) is 0. The Morgan fingerprint density at radius 1 is 1.40 bits per heavy atom. The molecule has 104 valence electrons. The summed E-state index contributed by atoms with van der Waals surface area (Å²) in [6, 6.07) is 3.95. The molecule has 1 aliphatic rings. The van der Waals surface area contributed by atoms with Crippen molar-refractivity contribution in [2.24, 2.45) is 5.92 Å². The summed E-state index contributed by atoms with van der Waals surface area (Å²) in [5.41, 5.74) is 0.611. The summed E-state index contributed by atoms with van der Waals surface area (Å²) in [4.78, 5) is 5.30. The molecular formula is C15H17N3OS. The molecule has 0 unspecified atom stereocenters. The van der Waals surface area contributed by atoms with Crippen LogP contribution >= 0.6 is 11.3 Å². The number of thiophene rings is 1. The smallest absolute Gasteiger partial charge is 0.269 e. The molecule has 0 aromatic carbocycles. The quantitative estimate of drug-likeness (QED) is 0.841. The molecule has 2 aromatic heterocycles. The molecule has 2 heterocycles. The molecule has 0 atom stereocenters. The summed E-state index contributed by atoms with van der Waals surface area (Å²) in [5.74, 6) is 2.58. The minimum absolute atomic E-state index is 0.417. The average Bonchev–Trinajstić information content (AvgIpc) is 3.15. The lowest BCUT2D eigenvalue weighted by Crippen LogP contribution is -2.13. The van der Waals surface area contributed by atoms with Gasteiger partial charge in [0, 0.05) is 5.92 Å². The van der Waals surface area contributed by atoms with Crippen LogP contribution in [0, 0.1) is 17.2 Å². The predicted octanol–water partition coefficient (Wildman–Crippen LogP) is 4.35.